The summed E-state index contributed by atoms with van der Waals surface area (Å²) in [4.78, 5) is 15.6. The Hall–Kier alpha value is -1.46. The van der Waals surface area contributed by atoms with Gasteiger partial charge in [0.25, 0.3) is 0 Å². The van der Waals surface area contributed by atoms with E-state index in [1.807, 2.05) is 6.92 Å². The standard InChI is InChI=1S/C27H49N3O2/c1-3-4-5-6-7-8-9-10-11-12-13-14-15-16-17-18-19-20-21-26-29-22-23-30(26,25(2)28)24-27(31)32/h13-14,22-23,25H,3-12,15-21,24,28H2,1-2H3/b14-13+. The lowest BCUT2D eigenvalue weighted by atomic mass is 10.1. The molecule has 0 radical (unpaired) electrons. The van der Waals surface area contributed by atoms with E-state index in [0.29, 0.717) is 0 Å². The fourth-order valence-electron chi connectivity index (χ4n) is 4.46. The van der Waals surface area contributed by atoms with Gasteiger partial charge in [0.2, 0.25) is 5.84 Å². The van der Waals surface area contributed by atoms with Gasteiger partial charge in [-0.3, -0.25) is 5.73 Å². The number of unbranched alkanes of at least 4 members (excludes halogenated alkanes) is 14. The molecule has 0 saturated heterocycles. The number of carboxylic acid groups (broad SMARTS) is 1. The minimum absolute atomic E-state index is 0.103. The van der Waals surface area contributed by atoms with Crippen LogP contribution >= 0.6 is 0 Å². The van der Waals surface area contributed by atoms with E-state index in [1.165, 1.54) is 89.9 Å². The number of carbonyl (C=O) groups is 1. The molecule has 0 saturated carbocycles. The fourth-order valence-corrected chi connectivity index (χ4v) is 4.46. The van der Waals surface area contributed by atoms with Crippen molar-refractivity contribution in [3.8, 4) is 0 Å². The van der Waals surface area contributed by atoms with E-state index >= 15 is 0 Å². The second kappa shape index (κ2) is 18.0. The van der Waals surface area contributed by atoms with Crippen LogP contribution in [-0.4, -0.2) is 29.0 Å². The first-order valence-electron chi connectivity index (χ1n) is 13.3. The third-order valence-corrected chi connectivity index (χ3v) is 6.57. The number of quaternary nitrogens is 1. The summed E-state index contributed by atoms with van der Waals surface area (Å²) in [5, 5.41) is 11.2. The number of carboxylic acids is 1. The number of aliphatic imine (C=N–C) groups is 1. The van der Waals surface area contributed by atoms with E-state index < -0.39 is 5.97 Å². The van der Waals surface area contributed by atoms with Gasteiger partial charge in [-0.15, -0.1) is 0 Å². The molecule has 5 nitrogen and oxygen atoms in total. The smallest absolute Gasteiger partial charge is 0.209 e. The summed E-state index contributed by atoms with van der Waals surface area (Å²) in [6, 6.07) is 0. The molecule has 5 heteroatoms. The highest BCUT2D eigenvalue weighted by molar-refractivity contribution is 5.81. The molecule has 2 N–H and O–H groups in total. The Kier molecular flexibility index (Phi) is 16.1. The maximum absolute atomic E-state index is 11.2. The molecule has 0 amide bonds. The van der Waals surface area contributed by atoms with Crippen LogP contribution in [0.5, 0.6) is 0 Å². The average Bonchev–Trinajstić information content (AvgIpc) is 3.16. The van der Waals surface area contributed by atoms with Gasteiger partial charge >= 0.3 is 0 Å². The first kappa shape index (κ1) is 28.6. The molecule has 0 aromatic carbocycles. The van der Waals surface area contributed by atoms with Gasteiger partial charge in [0.15, 0.2) is 0 Å². The van der Waals surface area contributed by atoms with Gasteiger partial charge in [0.05, 0.1) is 12.2 Å². The normalized spacial score (nSPS) is 19.0. The molecule has 1 heterocycles. The van der Waals surface area contributed by atoms with E-state index in [-0.39, 0.29) is 17.2 Å². The number of nitrogens with zero attached hydrogens (tertiary/aromatic N) is 2. The van der Waals surface area contributed by atoms with Gasteiger partial charge in [-0.25, -0.2) is 9.48 Å². The molecular formula is C27H49N3O2. The highest BCUT2D eigenvalue weighted by atomic mass is 16.4. The number of hydrogen-bond donors (Lipinski definition) is 1. The predicted octanol–water partition coefficient (Wildman–Crippen LogP) is 5.95. The minimum atomic E-state index is -1.09. The van der Waals surface area contributed by atoms with Crippen LogP contribution in [0.15, 0.2) is 29.5 Å². The second-order valence-corrected chi connectivity index (χ2v) is 9.44. The van der Waals surface area contributed by atoms with Crippen molar-refractivity contribution in [1.82, 2.24) is 0 Å². The molecule has 0 bridgehead atoms. The van der Waals surface area contributed by atoms with Crippen LogP contribution in [0.25, 0.3) is 0 Å². The molecule has 2 unspecified atom stereocenters. The summed E-state index contributed by atoms with van der Waals surface area (Å²) in [7, 11) is 0. The van der Waals surface area contributed by atoms with E-state index in [4.69, 9.17) is 5.73 Å². The largest absolute Gasteiger partial charge is 0.544 e. The second-order valence-electron chi connectivity index (χ2n) is 9.44. The third kappa shape index (κ3) is 12.0. The summed E-state index contributed by atoms with van der Waals surface area (Å²) in [5.41, 5.74) is 6.08. The molecule has 0 fully saturated rings. The Balaban J connectivity index is 1.97. The van der Waals surface area contributed by atoms with Gasteiger partial charge in [0.1, 0.15) is 18.9 Å². The molecule has 184 valence electrons. The number of carbonyl (C=O) groups excluding carboxylic acids is 1. The molecule has 1 rings (SSSR count). The highest BCUT2D eigenvalue weighted by Gasteiger charge is 2.38. The summed E-state index contributed by atoms with van der Waals surface area (Å²) < 4.78 is 0.103. The quantitative estimate of drug-likeness (QED) is 0.134. The first-order valence-corrected chi connectivity index (χ1v) is 13.3. The lowest BCUT2D eigenvalue weighted by Crippen LogP contribution is -2.60. The number of allylic oxidation sites excluding steroid dienone is 2. The van der Waals surface area contributed by atoms with Crippen molar-refractivity contribution in [3.63, 3.8) is 0 Å². The summed E-state index contributed by atoms with van der Waals surface area (Å²) in [5.74, 6) is -0.240. The maximum Gasteiger partial charge on any atom is 0.209 e. The fraction of sp³-hybridized carbons (Fsp3) is 0.778. The highest BCUT2D eigenvalue weighted by Crippen LogP contribution is 2.23. The third-order valence-electron chi connectivity index (χ3n) is 6.57. The van der Waals surface area contributed by atoms with Crippen molar-refractivity contribution in [2.75, 3.05) is 6.54 Å². The summed E-state index contributed by atoms with van der Waals surface area (Å²) in [6.07, 6.45) is 29.5. The van der Waals surface area contributed by atoms with Crippen LogP contribution in [0.4, 0.5) is 0 Å². The Morgan fingerprint density at radius 3 is 1.94 bits per heavy atom. The Morgan fingerprint density at radius 2 is 1.44 bits per heavy atom. The zero-order valence-electron chi connectivity index (χ0n) is 20.9. The molecule has 32 heavy (non-hydrogen) atoms. The summed E-state index contributed by atoms with van der Waals surface area (Å²) in [6.45, 7) is 3.96. The number of hydrogen-bond acceptors (Lipinski definition) is 4. The summed E-state index contributed by atoms with van der Waals surface area (Å²) >= 11 is 0. The van der Waals surface area contributed by atoms with Gasteiger partial charge in [0, 0.05) is 13.3 Å². The topological polar surface area (TPSA) is 78.5 Å². The Morgan fingerprint density at radius 1 is 0.938 bits per heavy atom. The number of rotatable bonds is 21. The maximum atomic E-state index is 11.2. The van der Waals surface area contributed by atoms with E-state index in [2.05, 4.69) is 24.1 Å². The van der Waals surface area contributed by atoms with Crippen LogP contribution in [-0.2, 0) is 4.79 Å². The van der Waals surface area contributed by atoms with Gasteiger partial charge in [-0.2, -0.15) is 0 Å². The predicted molar refractivity (Wildman–Crippen MR) is 134 cm³/mol. The number of nitrogens with two attached hydrogens (primary N) is 1. The van der Waals surface area contributed by atoms with Crippen molar-refractivity contribution in [2.24, 2.45) is 10.7 Å². The molecule has 2 atom stereocenters. The average molecular weight is 448 g/mol. The SMILES string of the molecule is CCCCCCCCCCC/C=C/CCCCCCCC1=NC=C[N+]1(CC(=O)[O-])C(C)N. The molecule has 1 aliphatic rings. The molecule has 0 aromatic rings. The monoisotopic (exact) mass is 447 g/mol. The molecule has 0 spiro atoms. The van der Waals surface area contributed by atoms with Crippen molar-refractivity contribution < 1.29 is 14.4 Å². The molecular weight excluding hydrogens is 398 g/mol. The van der Waals surface area contributed by atoms with Crippen LogP contribution in [0, 0.1) is 0 Å². The number of amidine groups is 1. The Labute approximate surface area is 197 Å². The van der Waals surface area contributed by atoms with E-state index in [9.17, 15) is 9.90 Å². The van der Waals surface area contributed by atoms with E-state index in [0.717, 1.165) is 25.1 Å². The van der Waals surface area contributed by atoms with Crippen LogP contribution in [0.3, 0.4) is 0 Å². The first-order chi connectivity index (χ1) is 15.5. The molecule has 0 aliphatic carbocycles. The van der Waals surface area contributed by atoms with Crippen LogP contribution in [0.1, 0.15) is 123 Å². The zero-order chi connectivity index (χ0) is 23.5. The number of aliphatic carboxylic acids is 1. The van der Waals surface area contributed by atoms with Gasteiger partial charge in [-0.1, -0.05) is 89.7 Å². The van der Waals surface area contributed by atoms with Crippen LogP contribution in [0.2, 0.25) is 0 Å². The molecule has 1 aliphatic heterocycles. The minimum Gasteiger partial charge on any atom is -0.544 e. The van der Waals surface area contributed by atoms with Gasteiger partial charge in [-0.05, 0) is 32.1 Å². The molecule has 0 aromatic heterocycles. The Bertz CT molecular complexity index is 583. The van der Waals surface area contributed by atoms with Crippen LogP contribution < -0.4 is 10.8 Å². The van der Waals surface area contributed by atoms with Crippen molar-refractivity contribution >= 4 is 11.8 Å². The van der Waals surface area contributed by atoms with Crippen molar-refractivity contribution in [1.29, 1.82) is 0 Å². The lowest BCUT2D eigenvalue weighted by molar-refractivity contribution is -0.808. The van der Waals surface area contributed by atoms with Crippen molar-refractivity contribution in [3.05, 3.63) is 24.6 Å². The zero-order valence-corrected chi connectivity index (χ0v) is 20.9. The van der Waals surface area contributed by atoms with E-state index in [1.54, 1.807) is 12.4 Å². The van der Waals surface area contributed by atoms with Gasteiger partial charge < -0.3 is 9.90 Å². The lowest BCUT2D eigenvalue weighted by Gasteiger charge is -2.36. The van der Waals surface area contributed by atoms with Crippen molar-refractivity contribution in [2.45, 2.75) is 129 Å².